The molecule has 0 radical (unpaired) electrons. The quantitative estimate of drug-likeness (QED) is 0.219. The van der Waals surface area contributed by atoms with E-state index in [1.165, 1.54) is 12.1 Å². The maximum Gasteiger partial charge on any atom is 0.416 e. The number of nitrogens with zero attached hydrogens (tertiary/aromatic N) is 1. The van der Waals surface area contributed by atoms with Crippen LogP contribution in [-0.4, -0.2) is 27.5 Å². The van der Waals surface area contributed by atoms with Gasteiger partial charge in [-0.2, -0.15) is 26.3 Å². The minimum absolute atomic E-state index is 0.0184. The number of halogens is 6. The Hall–Kier alpha value is -3.58. The van der Waals surface area contributed by atoms with Gasteiger partial charge in [0.05, 0.1) is 16.0 Å². The second-order valence-electron chi connectivity index (χ2n) is 9.19. The van der Waals surface area contributed by atoms with Crippen molar-refractivity contribution in [3.63, 3.8) is 0 Å². The van der Waals surface area contributed by atoms with E-state index in [0.717, 1.165) is 40.8 Å². The van der Waals surface area contributed by atoms with E-state index in [1.54, 1.807) is 26.0 Å². The summed E-state index contributed by atoms with van der Waals surface area (Å²) in [4.78, 5) is 14.1. The standard InChI is InChI=1S/C27H27F6N3O3S/c1-17-13-18(2)24(19(3)14-17)40(38,39)34-11-6-12-36(23-10-5-8-21(16-23)27(31,32)33)25(37)35-22-9-4-7-20(15-22)26(28,29)30/h4-5,7-10,13-16,34H,6,11-12H2,1-3H3,(H,35,37). The third-order valence-corrected chi connectivity index (χ3v) is 7.66. The first-order chi connectivity index (χ1) is 18.5. The van der Waals surface area contributed by atoms with E-state index < -0.39 is 39.5 Å². The number of hydrogen-bond acceptors (Lipinski definition) is 3. The van der Waals surface area contributed by atoms with Crippen LogP contribution in [-0.2, 0) is 22.4 Å². The van der Waals surface area contributed by atoms with Crippen LogP contribution in [0, 0.1) is 20.8 Å². The van der Waals surface area contributed by atoms with Crippen molar-refractivity contribution in [2.45, 2.75) is 44.4 Å². The molecule has 0 saturated carbocycles. The van der Waals surface area contributed by atoms with Crippen molar-refractivity contribution >= 4 is 27.4 Å². The number of sulfonamides is 1. The van der Waals surface area contributed by atoms with Crippen LogP contribution in [0.2, 0.25) is 0 Å². The van der Waals surface area contributed by atoms with Crippen molar-refractivity contribution in [2.75, 3.05) is 23.3 Å². The first kappa shape index (κ1) is 31.0. The normalized spacial score (nSPS) is 12.3. The molecule has 2 amide bonds. The zero-order chi connectivity index (χ0) is 29.9. The summed E-state index contributed by atoms with van der Waals surface area (Å²) in [6.45, 7) is 4.72. The molecule has 3 aromatic carbocycles. The molecule has 2 N–H and O–H groups in total. The lowest BCUT2D eigenvalue weighted by atomic mass is 10.1. The molecule has 0 atom stereocenters. The average molecular weight is 588 g/mol. The first-order valence-corrected chi connectivity index (χ1v) is 13.5. The Morgan fingerprint density at radius 3 is 1.95 bits per heavy atom. The molecule has 0 unspecified atom stereocenters. The van der Waals surface area contributed by atoms with E-state index in [-0.39, 0.29) is 35.8 Å². The number of urea groups is 1. The molecule has 0 aliphatic heterocycles. The molecule has 40 heavy (non-hydrogen) atoms. The number of nitrogens with one attached hydrogen (secondary N) is 2. The molecule has 0 aliphatic rings. The number of anilines is 2. The van der Waals surface area contributed by atoms with Crippen LogP contribution < -0.4 is 14.9 Å². The number of benzene rings is 3. The summed E-state index contributed by atoms with van der Waals surface area (Å²) >= 11 is 0. The molecule has 0 bridgehead atoms. The summed E-state index contributed by atoms with van der Waals surface area (Å²) in [7, 11) is -3.94. The van der Waals surface area contributed by atoms with Gasteiger partial charge >= 0.3 is 18.4 Å². The number of alkyl halides is 6. The van der Waals surface area contributed by atoms with Crippen molar-refractivity contribution in [2.24, 2.45) is 0 Å². The highest BCUT2D eigenvalue weighted by Crippen LogP contribution is 2.33. The Labute approximate surface area is 228 Å². The summed E-state index contributed by atoms with van der Waals surface area (Å²) in [6, 6.07) is 10.1. The van der Waals surface area contributed by atoms with Gasteiger partial charge in [0.2, 0.25) is 10.0 Å². The Balaban J connectivity index is 1.82. The van der Waals surface area contributed by atoms with Gasteiger partial charge in [-0.3, -0.25) is 4.90 Å². The lowest BCUT2D eigenvalue weighted by molar-refractivity contribution is -0.138. The molecule has 0 aromatic heterocycles. The topological polar surface area (TPSA) is 78.5 Å². The van der Waals surface area contributed by atoms with Gasteiger partial charge in [-0.05, 0) is 74.7 Å². The molecule has 6 nitrogen and oxygen atoms in total. The highest BCUT2D eigenvalue weighted by atomic mass is 32.2. The molecular weight excluding hydrogens is 560 g/mol. The van der Waals surface area contributed by atoms with Crippen LogP contribution in [0.15, 0.2) is 65.6 Å². The summed E-state index contributed by atoms with van der Waals surface area (Å²) in [5.41, 5.74) is -0.486. The number of amides is 2. The molecule has 0 saturated heterocycles. The van der Waals surface area contributed by atoms with Crippen molar-refractivity contribution in [1.29, 1.82) is 0 Å². The predicted molar refractivity (Wildman–Crippen MR) is 140 cm³/mol. The minimum atomic E-state index is -4.71. The van der Waals surface area contributed by atoms with Crippen molar-refractivity contribution in [3.05, 3.63) is 88.5 Å². The fraction of sp³-hybridized carbons (Fsp3) is 0.296. The van der Waals surface area contributed by atoms with Crippen LogP contribution in [0.1, 0.15) is 34.2 Å². The summed E-state index contributed by atoms with van der Waals surface area (Å²) in [5, 5.41) is 2.28. The highest BCUT2D eigenvalue weighted by Gasteiger charge is 2.32. The molecule has 3 rings (SSSR count). The lowest BCUT2D eigenvalue weighted by Crippen LogP contribution is -2.37. The van der Waals surface area contributed by atoms with Gasteiger partial charge < -0.3 is 5.32 Å². The molecule has 0 heterocycles. The Kier molecular flexibility index (Phi) is 9.20. The van der Waals surface area contributed by atoms with E-state index in [1.807, 2.05) is 6.92 Å². The molecule has 0 fully saturated rings. The smallest absolute Gasteiger partial charge is 0.308 e. The number of carbonyl (C=O) groups is 1. The Bertz CT molecular complexity index is 1460. The van der Waals surface area contributed by atoms with Gasteiger partial charge in [-0.1, -0.05) is 29.8 Å². The van der Waals surface area contributed by atoms with Crippen molar-refractivity contribution in [3.8, 4) is 0 Å². The van der Waals surface area contributed by atoms with Gasteiger partial charge in [0.25, 0.3) is 0 Å². The van der Waals surface area contributed by atoms with Gasteiger partial charge in [0.1, 0.15) is 0 Å². The van der Waals surface area contributed by atoms with Crippen LogP contribution in [0.4, 0.5) is 42.5 Å². The zero-order valence-electron chi connectivity index (χ0n) is 21.7. The molecule has 0 spiro atoms. The Morgan fingerprint density at radius 1 is 0.825 bits per heavy atom. The highest BCUT2D eigenvalue weighted by molar-refractivity contribution is 7.89. The number of rotatable bonds is 8. The number of carbonyl (C=O) groups excluding carboxylic acids is 1. The first-order valence-electron chi connectivity index (χ1n) is 12.0. The zero-order valence-corrected chi connectivity index (χ0v) is 22.6. The molecular formula is C27H27F6N3O3S. The molecule has 0 aliphatic carbocycles. The Morgan fingerprint density at radius 2 is 1.38 bits per heavy atom. The molecule has 3 aromatic rings. The van der Waals surface area contributed by atoms with E-state index in [0.29, 0.717) is 17.2 Å². The van der Waals surface area contributed by atoms with E-state index >= 15 is 0 Å². The third kappa shape index (κ3) is 7.75. The van der Waals surface area contributed by atoms with Crippen LogP contribution in [0.3, 0.4) is 0 Å². The minimum Gasteiger partial charge on any atom is -0.308 e. The maximum absolute atomic E-state index is 13.3. The summed E-state index contributed by atoms with van der Waals surface area (Å²) in [6.07, 6.45) is -9.40. The van der Waals surface area contributed by atoms with E-state index in [9.17, 15) is 39.6 Å². The van der Waals surface area contributed by atoms with Gasteiger partial charge in [0.15, 0.2) is 0 Å². The average Bonchev–Trinajstić information content (AvgIpc) is 2.82. The van der Waals surface area contributed by atoms with Gasteiger partial charge in [0, 0.05) is 24.5 Å². The van der Waals surface area contributed by atoms with E-state index in [2.05, 4.69) is 10.0 Å². The largest absolute Gasteiger partial charge is 0.416 e. The molecule has 216 valence electrons. The van der Waals surface area contributed by atoms with Crippen molar-refractivity contribution < 1.29 is 39.6 Å². The monoisotopic (exact) mass is 587 g/mol. The van der Waals surface area contributed by atoms with Crippen molar-refractivity contribution in [1.82, 2.24) is 4.72 Å². The number of hydrogen-bond donors (Lipinski definition) is 2. The number of aryl methyl sites for hydroxylation is 3. The summed E-state index contributed by atoms with van der Waals surface area (Å²) < 4.78 is 108. The van der Waals surface area contributed by atoms with Crippen LogP contribution in [0.25, 0.3) is 0 Å². The van der Waals surface area contributed by atoms with E-state index in [4.69, 9.17) is 0 Å². The van der Waals surface area contributed by atoms with Gasteiger partial charge in [-0.15, -0.1) is 0 Å². The van der Waals surface area contributed by atoms with Crippen LogP contribution in [0.5, 0.6) is 0 Å². The second-order valence-corrected chi connectivity index (χ2v) is 10.9. The summed E-state index contributed by atoms with van der Waals surface area (Å²) in [5.74, 6) is 0. The maximum atomic E-state index is 13.3. The lowest BCUT2D eigenvalue weighted by Gasteiger charge is -2.24. The predicted octanol–water partition coefficient (Wildman–Crippen LogP) is 7.06. The third-order valence-electron chi connectivity index (χ3n) is 5.90. The fourth-order valence-electron chi connectivity index (χ4n) is 4.27. The fourth-order valence-corrected chi connectivity index (χ4v) is 5.79. The second kappa shape index (κ2) is 11.9. The van der Waals surface area contributed by atoms with Gasteiger partial charge in [-0.25, -0.2) is 17.9 Å². The molecule has 13 heteroatoms. The SMILES string of the molecule is Cc1cc(C)c(S(=O)(=O)NCCCN(C(=O)Nc2cccc(C(F)(F)F)c2)c2cccc(C(F)(F)F)c2)c(C)c1. The van der Waals surface area contributed by atoms with Crippen LogP contribution >= 0.6 is 0 Å².